The summed E-state index contributed by atoms with van der Waals surface area (Å²) < 4.78 is 13.8. The first-order chi connectivity index (χ1) is 8.97. The molecule has 19 heavy (non-hydrogen) atoms. The third kappa shape index (κ3) is 3.56. The van der Waals surface area contributed by atoms with Crippen LogP contribution < -0.4 is 5.73 Å². The van der Waals surface area contributed by atoms with Crippen LogP contribution in [0.1, 0.15) is 22.7 Å². The summed E-state index contributed by atoms with van der Waals surface area (Å²) in [5.41, 5.74) is 9.16. The molecule has 0 aromatic heterocycles. The number of rotatable bonds is 3. The molecule has 0 spiro atoms. The number of hydrogen-bond acceptors (Lipinski definition) is 1. The monoisotopic (exact) mass is 341 g/mol. The first-order valence-electron chi connectivity index (χ1n) is 5.93. The van der Waals surface area contributed by atoms with Gasteiger partial charge in [-0.15, -0.1) is 0 Å². The summed E-state index contributed by atoms with van der Waals surface area (Å²) in [4.78, 5) is 0. The number of benzene rings is 2. The summed E-state index contributed by atoms with van der Waals surface area (Å²) in [6.45, 7) is 1.98. The fraction of sp³-hybridized carbons (Fsp3) is 0.200. The average Bonchev–Trinajstić information content (AvgIpc) is 2.32. The lowest BCUT2D eigenvalue weighted by Crippen LogP contribution is -2.14. The molecule has 1 nitrogen and oxygen atoms in total. The zero-order chi connectivity index (χ0) is 14.0. The Kier molecular flexibility index (Phi) is 4.61. The van der Waals surface area contributed by atoms with Gasteiger partial charge in [-0.1, -0.05) is 45.7 Å². The first-order valence-corrected chi connectivity index (χ1v) is 7.10. The highest BCUT2D eigenvalue weighted by molar-refractivity contribution is 9.10. The SMILES string of the molecule is Cc1ccc(C(N)Cc2ccc(F)cc2Br)c(Cl)c1. The van der Waals surface area contributed by atoms with E-state index in [2.05, 4.69) is 15.9 Å². The molecule has 100 valence electrons. The Morgan fingerprint density at radius 1 is 1.26 bits per heavy atom. The molecule has 2 rings (SSSR count). The van der Waals surface area contributed by atoms with Crippen molar-refractivity contribution < 1.29 is 4.39 Å². The summed E-state index contributed by atoms with van der Waals surface area (Å²) in [5, 5.41) is 0.672. The van der Waals surface area contributed by atoms with E-state index >= 15 is 0 Å². The molecule has 0 aliphatic carbocycles. The molecule has 1 atom stereocenters. The molecule has 0 saturated heterocycles. The van der Waals surface area contributed by atoms with Crippen LogP contribution >= 0.6 is 27.5 Å². The number of nitrogens with two attached hydrogens (primary N) is 1. The van der Waals surface area contributed by atoms with Gasteiger partial charge in [0.15, 0.2) is 0 Å². The van der Waals surface area contributed by atoms with Gasteiger partial charge in [-0.25, -0.2) is 4.39 Å². The maximum absolute atomic E-state index is 13.0. The van der Waals surface area contributed by atoms with Crippen molar-refractivity contribution in [1.29, 1.82) is 0 Å². The molecule has 1 unspecified atom stereocenters. The molecule has 2 N–H and O–H groups in total. The van der Waals surface area contributed by atoms with Crippen LogP contribution in [0.5, 0.6) is 0 Å². The highest BCUT2D eigenvalue weighted by Crippen LogP contribution is 2.27. The fourth-order valence-electron chi connectivity index (χ4n) is 1.97. The van der Waals surface area contributed by atoms with Crippen LogP contribution in [0.3, 0.4) is 0 Å². The van der Waals surface area contributed by atoms with Gasteiger partial charge in [0.05, 0.1) is 0 Å². The molecular formula is C15H14BrClFN. The maximum atomic E-state index is 13.0. The molecular weight excluding hydrogens is 329 g/mol. The van der Waals surface area contributed by atoms with Crippen LogP contribution in [-0.2, 0) is 6.42 Å². The quantitative estimate of drug-likeness (QED) is 0.852. The minimum absolute atomic E-state index is 0.213. The van der Waals surface area contributed by atoms with Gasteiger partial charge in [0.25, 0.3) is 0 Å². The first kappa shape index (κ1) is 14.5. The van der Waals surface area contributed by atoms with Gasteiger partial charge < -0.3 is 5.73 Å². The summed E-state index contributed by atoms with van der Waals surface area (Å²) in [5.74, 6) is -0.266. The molecule has 4 heteroatoms. The van der Waals surface area contributed by atoms with E-state index in [-0.39, 0.29) is 11.9 Å². The van der Waals surface area contributed by atoms with Crippen LogP contribution in [0.25, 0.3) is 0 Å². The summed E-state index contributed by atoms with van der Waals surface area (Å²) in [7, 11) is 0. The Bertz CT molecular complexity index is 601. The molecule has 2 aromatic carbocycles. The smallest absolute Gasteiger partial charge is 0.124 e. The molecule has 0 heterocycles. The molecule has 0 aliphatic rings. The van der Waals surface area contributed by atoms with Crippen molar-refractivity contribution in [2.24, 2.45) is 5.73 Å². The molecule has 0 bridgehead atoms. The predicted molar refractivity (Wildman–Crippen MR) is 80.9 cm³/mol. The van der Waals surface area contributed by atoms with E-state index in [4.69, 9.17) is 17.3 Å². The average molecular weight is 343 g/mol. The summed E-state index contributed by atoms with van der Waals surface area (Å²) in [6.07, 6.45) is 0.601. The van der Waals surface area contributed by atoms with Crippen molar-refractivity contribution in [2.45, 2.75) is 19.4 Å². The Morgan fingerprint density at radius 2 is 2.00 bits per heavy atom. The molecule has 0 radical (unpaired) electrons. The zero-order valence-electron chi connectivity index (χ0n) is 10.5. The van der Waals surface area contributed by atoms with E-state index in [1.807, 2.05) is 25.1 Å². The van der Waals surface area contributed by atoms with E-state index in [0.29, 0.717) is 11.4 Å². The minimum Gasteiger partial charge on any atom is -0.324 e. The Morgan fingerprint density at radius 3 is 2.63 bits per heavy atom. The Balaban J connectivity index is 2.23. The molecule has 0 amide bonds. The summed E-state index contributed by atoms with van der Waals surface area (Å²) in [6, 6.07) is 10.2. The van der Waals surface area contributed by atoms with E-state index in [1.165, 1.54) is 12.1 Å². The van der Waals surface area contributed by atoms with Gasteiger partial charge >= 0.3 is 0 Å². The van der Waals surface area contributed by atoms with Crippen molar-refractivity contribution in [3.05, 3.63) is 68.4 Å². The molecule has 0 aliphatic heterocycles. The molecule has 2 aromatic rings. The largest absolute Gasteiger partial charge is 0.324 e. The van der Waals surface area contributed by atoms with E-state index in [0.717, 1.165) is 21.2 Å². The van der Waals surface area contributed by atoms with Gasteiger partial charge in [0.1, 0.15) is 5.82 Å². The number of hydrogen-bond donors (Lipinski definition) is 1. The van der Waals surface area contributed by atoms with Crippen molar-refractivity contribution in [1.82, 2.24) is 0 Å². The van der Waals surface area contributed by atoms with Crippen molar-refractivity contribution in [3.8, 4) is 0 Å². The lowest BCUT2D eigenvalue weighted by atomic mass is 9.99. The predicted octanol–water partition coefficient (Wildman–Crippen LogP) is 4.79. The van der Waals surface area contributed by atoms with Crippen LogP contribution in [0, 0.1) is 12.7 Å². The van der Waals surface area contributed by atoms with Crippen molar-refractivity contribution in [2.75, 3.05) is 0 Å². The highest BCUT2D eigenvalue weighted by atomic mass is 79.9. The van der Waals surface area contributed by atoms with Gasteiger partial charge in [0, 0.05) is 15.5 Å². The minimum atomic E-state index is -0.266. The third-order valence-corrected chi connectivity index (χ3v) is 4.08. The Hall–Kier alpha value is -0.900. The normalized spacial score (nSPS) is 12.5. The maximum Gasteiger partial charge on any atom is 0.124 e. The van der Waals surface area contributed by atoms with Crippen LogP contribution in [0.2, 0.25) is 5.02 Å². The fourth-order valence-corrected chi connectivity index (χ4v) is 2.85. The van der Waals surface area contributed by atoms with Crippen LogP contribution in [0.15, 0.2) is 40.9 Å². The van der Waals surface area contributed by atoms with Crippen molar-refractivity contribution >= 4 is 27.5 Å². The number of aryl methyl sites for hydroxylation is 1. The third-order valence-electron chi connectivity index (χ3n) is 3.01. The molecule has 0 saturated carbocycles. The van der Waals surface area contributed by atoms with Gasteiger partial charge in [0.2, 0.25) is 0 Å². The lowest BCUT2D eigenvalue weighted by molar-refractivity contribution is 0.624. The van der Waals surface area contributed by atoms with Crippen LogP contribution in [0.4, 0.5) is 4.39 Å². The highest BCUT2D eigenvalue weighted by Gasteiger charge is 2.13. The second kappa shape index (κ2) is 6.04. The zero-order valence-corrected chi connectivity index (χ0v) is 12.8. The second-order valence-electron chi connectivity index (χ2n) is 4.57. The van der Waals surface area contributed by atoms with E-state index in [9.17, 15) is 4.39 Å². The second-order valence-corrected chi connectivity index (χ2v) is 5.83. The van der Waals surface area contributed by atoms with Gasteiger partial charge in [-0.05, 0) is 48.2 Å². The van der Waals surface area contributed by atoms with Crippen molar-refractivity contribution in [3.63, 3.8) is 0 Å². The lowest BCUT2D eigenvalue weighted by Gasteiger charge is -2.15. The number of halogens is 3. The van der Waals surface area contributed by atoms with Gasteiger partial charge in [-0.3, -0.25) is 0 Å². The standard InChI is InChI=1S/C15H14BrClFN/c1-9-2-5-12(14(17)6-9)15(19)7-10-3-4-11(18)8-13(10)16/h2-6,8,15H,7,19H2,1H3. The van der Waals surface area contributed by atoms with E-state index in [1.54, 1.807) is 6.07 Å². The Labute approximate surface area is 125 Å². The van der Waals surface area contributed by atoms with Crippen LogP contribution in [-0.4, -0.2) is 0 Å². The van der Waals surface area contributed by atoms with E-state index < -0.39 is 0 Å². The van der Waals surface area contributed by atoms with Gasteiger partial charge in [-0.2, -0.15) is 0 Å². The molecule has 0 fully saturated rings. The summed E-state index contributed by atoms with van der Waals surface area (Å²) >= 11 is 9.55. The topological polar surface area (TPSA) is 26.0 Å².